The number of fused-ring (bicyclic) bond motifs is 1. The van der Waals surface area contributed by atoms with E-state index in [1.54, 1.807) is 6.92 Å². The van der Waals surface area contributed by atoms with Crippen molar-refractivity contribution in [3.8, 4) is 0 Å². The van der Waals surface area contributed by atoms with Crippen LogP contribution < -0.4 is 16.6 Å². The molecule has 25 heavy (non-hydrogen) atoms. The van der Waals surface area contributed by atoms with Gasteiger partial charge in [0.05, 0.1) is 0 Å². The number of aryl methyl sites for hydroxylation is 1. The van der Waals surface area contributed by atoms with Gasteiger partial charge in [-0.15, -0.1) is 0 Å². The van der Waals surface area contributed by atoms with Gasteiger partial charge in [-0.3, -0.25) is 14.6 Å². The number of aromatic amines is 3. The van der Waals surface area contributed by atoms with E-state index >= 15 is 0 Å². The highest BCUT2D eigenvalue weighted by Crippen LogP contribution is 2.17. The number of carbonyl (C=O) groups excluding carboxylic acids is 1. The van der Waals surface area contributed by atoms with Crippen molar-refractivity contribution in [2.24, 2.45) is 0 Å². The molecule has 0 spiro atoms. The van der Waals surface area contributed by atoms with E-state index in [0.29, 0.717) is 17.8 Å². The number of nitrogens with one attached hydrogen (secondary N) is 4. The summed E-state index contributed by atoms with van der Waals surface area (Å²) in [7, 11) is 0. The Kier molecular flexibility index (Phi) is 4.83. The zero-order valence-corrected chi connectivity index (χ0v) is 13.9. The van der Waals surface area contributed by atoms with Crippen molar-refractivity contribution < 1.29 is 4.79 Å². The summed E-state index contributed by atoms with van der Waals surface area (Å²) in [6.07, 6.45) is 3.18. The molecule has 0 bridgehead atoms. The smallest absolute Gasteiger partial charge is 0.325 e. The van der Waals surface area contributed by atoms with E-state index in [1.165, 1.54) is 0 Å². The summed E-state index contributed by atoms with van der Waals surface area (Å²) in [6, 6.07) is 8.03. The van der Waals surface area contributed by atoms with E-state index in [2.05, 4.69) is 20.3 Å². The number of benzene rings is 1. The summed E-state index contributed by atoms with van der Waals surface area (Å²) in [5.41, 5.74) is 2.20. The van der Waals surface area contributed by atoms with Gasteiger partial charge in [0.2, 0.25) is 5.91 Å². The molecule has 1 aromatic carbocycles. The Bertz CT molecular complexity index is 1010. The number of para-hydroxylation sites is 1. The summed E-state index contributed by atoms with van der Waals surface area (Å²) in [6.45, 7) is 2.18. The molecule has 0 fully saturated rings. The van der Waals surface area contributed by atoms with Gasteiger partial charge >= 0.3 is 5.69 Å². The monoisotopic (exact) mass is 340 g/mol. The van der Waals surface area contributed by atoms with Crippen molar-refractivity contribution in [1.29, 1.82) is 0 Å². The average molecular weight is 340 g/mol. The Hall–Kier alpha value is -3.09. The second-order valence-electron chi connectivity index (χ2n) is 5.97. The van der Waals surface area contributed by atoms with Gasteiger partial charge in [-0.05, 0) is 31.4 Å². The fourth-order valence-electron chi connectivity index (χ4n) is 2.93. The molecular formula is C18H20N4O3. The largest absolute Gasteiger partial charge is 0.361 e. The first-order valence-corrected chi connectivity index (χ1v) is 8.18. The molecular weight excluding hydrogens is 320 g/mol. The van der Waals surface area contributed by atoms with Crippen LogP contribution in [-0.2, 0) is 17.6 Å². The third kappa shape index (κ3) is 3.88. The topological polar surface area (TPSA) is 111 Å². The molecule has 130 valence electrons. The Morgan fingerprint density at radius 1 is 1.12 bits per heavy atom. The van der Waals surface area contributed by atoms with Crippen molar-refractivity contribution >= 4 is 16.8 Å². The van der Waals surface area contributed by atoms with Crippen LogP contribution in [0.3, 0.4) is 0 Å². The minimum absolute atomic E-state index is 0.121. The molecule has 4 N–H and O–H groups in total. The fourth-order valence-corrected chi connectivity index (χ4v) is 2.93. The van der Waals surface area contributed by atoms with Gasteiger partial charge in [-0.2, -0.15) is 0 Å². The summed E-state index contributed by atoms with van der Waals surface area (Å²) < 4.78 is 0. The zero-order chi connectivity index (χ0) is 17.8. The Morgan fingerprint density at radius 3 is 2.72 bits per heavy atom. The molecule has 7 nitrogen and oxygen atoms in total. The minimum atomic E-state index is -0.533. The normalized spacial score (nSPS) is 10.9. The van der Waals surface area contributed by atoms with Crippen molar-refractivity contribution in [2.45, 2.75) is 26.2 Å². The first-order chi connectivity index (χ1) is 12.0. The number of rotatable bonds is 6. The van der Waals surface area contributed by atoms with Crippen LogP contribution in [0, 0.1) is 6.92 Å². The Morgan fingerprint density at radius 2 is 1.92 bits per heavy atom. The van der Waals surface area contributed by atoms with Crippen LogP contribution in [0.2, 0.25) is 0 Å². The molecule has 3 aromatic rings. The average Bonchev–Trinajstić information content (AvgIpc) is 2.97. The molecule has 1 amide bonds. The van der Waals surface area contributed by atoms with E-state index in [-0.39, 0.29) is 18.7 Å². The Balaban J connectivity index is 1.52. The molecule has 2 aromatic heterocycles. The highest BCUT2D eigenvalue weighted by atomic mass is 16.2. The van der Waals surface area contributed by atoms with Crippen molar-refractivity contribution in [3.63, 3.8) is 0 Å². The predicted octanol–water partition coefficient (Wildman–Crippen LogP) is 1.14. The molecule has 2 heterocycles. The van der Waals surface area contributed by atoms with Crippen LogP contribution in [0.5, 0.6) is 0 Å². The third-order valence-corrected chi connectivity index (χ3v) is 4.25. The van der Waals surface area contributed by atoms with Crippen LogP contribution in [0.1, 0.15) is 23.2 Å². The second-order valence-corrected chi connectivity index (χ2v) is 5.97. The zero-order valence-electron chi connectivity index (χ0n) is 13.9. The highest BCUT2D eigenvalue weighted by Gasteiger charge is 2.09. The molecule has 0 aliphatic rings. The maximum atomic E-state index is 12.0. The van der Waals surface area contributed by atoms with Gasteiger partial charge in [0.1, 0.15) is 0 Å². The number of carbonyl (C=O) groups is 1. The number of H-pyrrole nitrogens is 3. The number of hydrogen-bond donors (Lipinski definition) is 4. The molecule has 0 aliphatic heterocycles. The SMILES string of the molecule is Cc1[nH]c(=O)[nH]c(=O)c1CCC(=O)NCCc1c[nH]c2ccccc12. The van der Waals surface area contributed by atoms with Crippen LogP contribution in [0.25, 0.3) is 10.9 Å². The molecule has 7 heteroatoms. The highest BCUT2D eigenvalue weighted by molar-refractivity contribution is 5.83. The lowest BCUT2D eigenvalue weighted by molar-refractivity contribution is -0.121. The lowest BCUT2D eigenvalue weighted by Gasteiger charge is -2.06. The summed E-state index contributed by atoms with van der Waals surface area (Å²) >= 11 is 0. The Labute approximate surface area is 143 Å². The van der Waals surface area contributed by atoms with Gasteiger partial charge in [-0.25, -0.2) is 4.79 Å². The standard InChI is InChI=1S/C18H20N4O3/c1-11-13(17(24)22-18(25)21-11)6-7-16(23)19-9-8-12-10-20-15-5-3-2-4-14(12)15/h2-5,10,20H,6-9H2,1H3,(H,19,23)(H2,21,22,24,25). The summed E-state index contributed by atoms with van der Waals surface area (Å²) in [5.74, 6) is -0.121. The molecule has 3 rings (SSSR count). The lowest BCUT2D eigenvalue weighted by Crippen LogP contribution is -2.29. The van der Waals surface area contributed by atoms with E-state index in [9.17, 15) is 14.4 Å². The predicted molar refractivity (Wildman–Crippen MR) is 95.8 cm³/mol. The third-order valence-electron chi connectivity index (χ3n) is 4.25. The van der Waals surface area contributed by atoms with Gasteiger partial charge in [0, 0.05) is 41.3 Å². The number of hydrogen-bond acceptors (Lipinski definition) is 3. The molecule has 0 saturated carbocycles. The van der Waals surface area contributed by atoms with E-state index in [1.807, 2.05) is 30.5 Å². The lowest BCUT2D eigenvalue weighted by atomic mass is 10.1. The second kappa shape index (κ2) is 7.21. The van der Waals surface area contributed by atoms with Gasteiger partial charge < -0.3 is 15.3 Å². The van der Waals surface area contributed by atoms with Crippen LogP contribution in [0.4, 0.5) is 0 Å². The first-order valence-electron chi connectivity index (χ1n) is 8.18. The summed E-state index contributed by atoms with van der Waals surface area (Å²) in [5, 5.41) is 4.03. The van der Waals surface area contributed by atoms with E-state index in [0.717, 1.165) is 22.9 Å². The first kappa shape index (κ1) is 16.8. The van der Waals surface area contributed by atoms with E-state index < -0.39 is 11.2 Å². The quantitative estimate of drug-likeness (QED) is 0.540. The van der Waals surface area contributed by atoms with Crippen molar-refractivity contribution in [2.75, 3.05) is 6.54 Å². The van der Waals surface area contributed by atoms with Crippen LogP contribution in [0.15, 0.2) is 40.1 Å². The van der Waals surface area contributed by atoms with Gasteiger partial charge in [-0.1, -0.05) is 18.2 Å². The van der Waals surface area contributed by atoms with Gasteiger partial charge in [0.15, 0.2) is 0 Å². The van der Waals surface area contributed by atoms with Crippen LogP contribution >= 0.6 is 0 Å². The molecule has 0 radical (unpaired) electrons. The van der Waals surface area contributed by atoms with Gasteiger partial charge in [0.25, 0.3) is 5.56 Å². The molecule has 0 aliphatic carbocycles. The molecule has 0 unspecified atom stereocenters. The van der Waals surface area contributed by atoms with Crippen molar-refractivity contribution in [3.05, 3.63) is 68.1 Å². The summed E-state index contributed by atoms with van der Waals surface area (Å²) in [4.78, 5) is 42.8. The maximum absolute atomic E-state index is 12.0. The van der Waals surface area contributed by atoms with E-state index in [4.69, 9.17) is 0 Å². The maximum Gasteiger partial charge on any atom is 0.325 e. The van der Waals surface area contributed by atoms with Crippen LogP contribution in [-0.4, -0.2) is 27.4 Å². The number of aromatic nitrogens is 3. The molecule has 0 saturated heterocycles. The number of amides is 1. The fraction of sp³-hybridized carbons (Fsp3) is 0.278. The molecule has 0 atom stereocenters. The minimum Gasteiger partial charge on any atom is -0.361 e. The van der Waals surface area contributed by atoms with Crippen molar-refractivity contribution in [1.82, 2.24) is 20.3 Å².